The monoisotopic (exact) mass is 384 g/mol. The van der Waals surface area contributed by atoms with Crippen LogP contribution in [0.4, 0.5) is 5.69 Å². The molecular formula is C24H20N2O3. The van der Waals surface area contributed by atoms with Crippen LogP contribution in [0.15, 0.2) is 85.1 Å². The Hall–Kier alpha value is -3.86. The summed E-state index contributed by atoms with van der Waals surface area (Å²) in [5.41, 5.74) is 3.41. The van der Waals surface area contributed by atoms with E-state index in [1.165, 1.54) is 7.11 Å². The number of nitrogens with zero attached hydrogens (tertiary/aromatic N) is 1. The van der Waals surface area contributed by atoms with Gasteiger partial charge in [0.15, 0.2) is 0 Å². The fourth-order valence-electron chi connectivity index (χ4n) is 3.41. The lowest BCUT2D eigenvalue weighted by atomic mass is 10.1. The van der Waals surface area contributed by atoms with Gasteiger partial charge in [-0.2, -0.15) is 0 Å². The molecule has 29 heavy (non-hydrogen) atoms. The highest BCUT2D eigenvalue weighted by Crippen LogP contribution is 2.24. The predicted molar refractivity (Wildman–Crippen MR) is 113 cm³/mol. The first-order valence-electron chi connectivity index (χ1n) is 9.28. The van der Waals surface area contributed by atoms with Crippen LogP contribution in [-0.2, 0) is 11.3 Å². The molecule has 1 amide bonds. The number of aromatic nitrogens is 1. The van der Waals surface area contributed by atoms with E-state index in [2.05, 4.69) is 22.0 Å². The van der Waals surface area contributed by atoms with Crippen LogP contribution in [0.25, 0.3) is 10.9 Å². The average molecular weight is 384 g/mol. The minimum atomic E-state index is -0.493. The molecule has 1 N–H and O–H groups in total. The second kappa shape index (κ2) is 8.02. The summed E-state index contributed by atoms with van der Waals surface area (Å²) in [6, 6.07) is 24.7. The van der Waals surface area contributed by atoms with E-state index in [1.54, 1.807) is 24.3 Å². The fraction of sp³-hybridized carbons (Fsp3) is 0.0833. The highest BCUT2D eigenvalue weighted by atomic mass is 16.5. The van der Waals surface area contributed by atoms with Gasteiger partial charge < -0.3 is 14.6 Å². The summed E-state index contributed by atoms with van der Waals surface area (Å²) < 4.78 is 6.87. The second-order valence-electron chi connectivity index (χ2n) is 6.66. The standard InChI is InChI=1S/C24H20N2O3/c1-29-24(28)19-12-5-7-13-21(19)25-23(27)20-16-26(15-17-9-3-2-4-10-17)22-14-8-6-11-18(20)22/h2-14,16H,15H2,1H3,(H,25,27). The van der Waals surface area contributed by atoms with Crippen LogP contribution in [0.5, 0.6) is 0 Å². The maximum atomic E-state index is 13.1. The molecule has 5 heteroatoms. The van der Waals surface area contributed by atoms with Crippen molar-refractivity contribution in [1.82, 2.24) is 4.57 Å². The molecule has 1 aromatic heterocycles. The Bertz CT molecular complexity index is 1180. The number of benzene rings is 3. The van der Waals surface area contributed by atoms with Gasteiger partial charge in [-0.05, 0) is 23.8 Å². The lowest BCUT2D eigenvalue weighted by molar-refractivity contribution is 0.0602. The number of nitrogens with one attached hydrogen (secondary N) is 1. The highest BCUT2D eigenvalue weighted by Gasteiger charge is 2.18. The summed E-state index contributed by atoms with van der Waals surface area (Å²) in [5.74, 6) is -0.767. The van der Waals surface area contributed by atoms with Gasteiger partial charge in [-0.15, -0.1) is 0 Å². The number of methoxy groups -OCH3 is 1. The van der Waals surface area contributed by atoms with E-state index in [1.807, 2.05) is 48.7 Å². The van der Waals surface area contributed by atoms with Crippen LogP contribution in [0.1, 0.15) is 26.3 Å². The molecule has 3 aromatic carbocycles. The smallest absolute Gasteiger partial charge is 0.339 e. The predicted octanol–water partition coefficient (Wildman–Crippen LogP) is 4.73. The number of para-hydroxylation sites is 2. The number of carbonyl (C=O) groups is 2. The first-order valence-corrected chi connectivity index (χ1v) is 9.28. The van der Waals surface area contributed by atoms with Crippen molar-refractivity contribution < 1.29 is 14.3 Å². The van der Waals surface area contributed by atoms with E-state index in [-0.39, 0.29) is 5.91 Å². The number of esters is 1. The molecule has 5 nitrogen and oxygen atoms in total. The van der Waals surface area contributed by atoms with Crippen molar-refractivity contribution in [3.05, 3.63) is 102 Å². The molecule has 0 aliphatic carbocycles. The van der Waals surface area contributed by atoms with Crippen LogP contribution < -0.4 is 5.32 Å². The molecule has 0 spiro atoms. The second-order valence-corrected chi connectivity index (χ2v) is 6.66. The molecule has 144 valence electrons. The summed E-state index contributed by atoms with van der Waals surface area (Å²) in [6.45, 7) is 0.660. The van der Waals surface area contributed by atoms with Crippen LogP contribution >= 0.6 is 0 Å². The Labute approximate surface area is 168 Å². The zero-order chi connectivity index (χ0) is 20.2. The van der Waals surface area contributed by atoms with Gasteiger partial charge in [0.1, 0.15) is 0 Å². The molecule has 4 rings (SSSR count). The molecule has 1 heterocycles. The Morgan fingerprint density at radius 1 is 0.862 bits per heavy atom. The van der Waals surface area contributed by atoms with Gasteiger partial charge in [0.25, 0.3) is 5.91 Å². The number of hydrogen-bond donors (Lipinski definition) is 1. The Morgan fingerprint density at radius 2 is 1.55 bits per heavy atom. The number of carbonyl (C=O) groups excluding carboxylic acids is 2. The van der Waals surface area contributed by atoms with E-state index >= 15 is 0 Å². The van der Waals surface area contributed by atoms with Gasteiger partial charge >= 0.3 is 5.97 Å². The van der Waals surface area contributed by atoms with Crippen molar-refractivity contribution in [2.75, 3.05) is 12.4 Å². The Balaban J connectivity index is 1.70. The number of fused-ring (bicyclic) bond motifs is 1. The zero-order valence-electron chi connectivity index (χ0n) is 16.0. The topological polar surface area (TPSA) is 60.3 Å². The van der Waals surface area contributed by atoms with Gasteiger partial charge in [-0.1, -0.05) is 60.7 Å². The molecule has 0 saturated carbocycles. The molecule has 0 bridgehead atoms. The van der Waals surface area contributed by atoms with Crippen molar-refractivity contribution in [2.24, 2.45) is 0 Å². The maximum absolute atomic E-state index is 13.1. The van der Waals surface area contributed by atoms with Crippen LogP contribution in [0, 0.1) is 0 Å². The molecule has 0 fully saturated rings. The van der Waals surface area contributed by atoms with Crippen molar-refractivity contribution in [3.8, 4) is 0 Å². The molecule has 0 saturated heterocycles. The number of ether oxygens (including phenoxy) is 1. The number of hydrogen-bond acceptors (Lipinski definition) is 3. The minimum absolute atomic E-state index is 0.274. The van der Waals surface area contributed by atoms with Crippen LogP contribution in [0.2, 0.25) is 0 Å². The van der Waals surface area contributed by atoms with Crippen molar-refractivity contribution in [3.63, 3.8) is 0 Å². The van der Waals surface area contributed by atoms with Crippen molar-refractivity contribution in [1.29, 1.82) is 0 Å². The normalized spacial score (nSPS) is 10.7. The highest BCUT2D eigenvalue weighted by molar-refractivity contribution is 6.14. The van der Waals surface area contributed by atoms with Crippen molar-refractivity contribution >= 4 is 28.5 Å². The van der Waals surface area contributed by atoms with E-state index in [9.17, 15) is 9.59 Å². The zero-order valence-corrected chi connectivity index (χ0v) is 16.0. The van der Waals surface area contributed by atoms with Crippen LogP contribution in [0.3, 0.4) is 0 Å². The third kappa shape index (κ3) is 3.75. The molecule has 4 aromatic rings. The van der Waals surface area contributed by atoms with Gasteiger partial charge in [0.2, 0.25) is 0 Å². The van der Waals surface area contributed by atoms with E-state index in [0.717, 1.165) is 16.5 Å². The first kappa shape index (κ1) is 18.5. The molecule has 0 radical (unpaired) electrons. The van der Waals surface area contributed by atoms with Gasteiger partial charge in [0, 0.05) is 23.6 Å². The molecular weight excluding hydrogens is 364 g/mol. The number of amides is 1. The Morgan fingerprint density at radius 3 is 2.34 bits per heavy atom. The van der Waals surface area contributed by atoms with Gasteiger partial charge in [0.05, 0.1) is 23.9 Å². The molecule has 0 aliphatic rings. The quantitative estimate of drug-likeness (QED) is 0.506. The van der Waals surface area contributed by atoms with E-state index in [0.29, 0.717) is 23.4 Å². The number of rotatable bonds is 5. The largest absolute Gasteiger partial charge is 0.465 e. The Kier molecular flexibility index (Phi) is 5.12. The minimum Gasteiger partial charge on any atom is -0.465 e. The first-order chi connectivity index (χ1) is 14.2. The summed E-state index contributed by atoms with van der Waals surface area (Å²) in [4.78, 5) is 25.1. The number of anilines is 1. The third-order valence-corrected chi connectivity index (χ3v) is 4.81. The molecule has 0 unspecified atom stereocenters. The van der Waals surface area contributed by atoms with Gasteiger partial charge in [-0.25, -0.2) is 4.79 Å². The van der Waals surface area contributed by atoms with E-state index in [4.69, 9.17) is 4.74 Å². The summed E-state index contributed by atoms with van der Waals surface area (Å²) >= 11 is 0. The average Bonchev–Trinajstić information content (AvgIpc) is 3.13. The van der Waals surface area contributed by atoms with E-state index < -0.39 is 5.97 Å². The lowest BCUT2D eigenvalue weighted by Crippen LogP contribution is -2.15. The summed E-state index contributed by atoms with van der Waals surface area (Å²) in [6.07, 6.45) is 1.85. The molecule has 0 atom stereocenters. The van der Waals surface area contributed by atoms with Crippen LogP contribution in [-0.4, -0.2) is 23.6 Å². The van der Waals surface area contributed by atoms with Crippen molar-refractivity contribution in [2.45, 2.75) is 6.54 Å². The van der Waals surface area contributed by atoms with Gasteiger partial charge in [-0.3, -0.25) is 4.79 Å². The lowest BCUT2D eigenvalue weighted by Gasteiger charge is -2.09. The SMILES string of the molecule is COC(=O)c1ccccc1NC(=O)c1cn(Cc2ccccc2)c2ccccc12. The summed E-state index contributed by atoms with van der Waals surface area (Å²) in [7, 11) is 1.32. The summed E-state index contributed by atoms with van der Waals surface area (Å²) in [5, 5.41) is 3.72. The maximum Gasteiger partial charge on any atom is 0.339 e. The fourth-order valence-corrected chi connectivity index (χ4v) is 3.41. The molecule has 0 aliphatic heterocycles. The third-order valence-electron chi connectivity index (χ3n) is 4.81.